The van der Waals surface area contributed by atoms with E-state index in [1.165, 1.54) is 6.07 Å². The fraction of sp³-hybridized carbons (Fsp3) is 0.286. The number of hydrogen-bond acceptors (Lipinski definition) is 2. The van der Waals surface area contributed by atoms with Crippen molar-refractivity contribution in [3.8, 4) is 0 Å². The molecule has 1 aromatic heterocycles. The van der Waals surface area contributed by atoms with Gasteiger partial charge in [0.15, 0.2) is 0 Å². The molecule has 6 heteroatoms. The number of nitrogens with zero attached hydrogens (tertiary/aromatic N) is 1. The highest BCUT2D eigenvalue weighted by Crippen LogP contribution is 2.27. The molecular formula is C7H6BrF3N2. The summed E-state index contributed by atoms with van der Waals surface area (Å²) >= 11 is 3.02. The van der Waals surface area contributed by atoms with Crippen molar-refractivity contribution in [2.45, 2.75) is 11.8 Å². The summed E-state index contributed by atoms with van der Waals surface area (Å²) < 4.78 is 37.2. The van der Waals surface area contributed by atoms with Gasteiger partial charge in [-0.1, -0.05) is 15.9 Å². The van der Waals surface area contributed by atoms with Crippen LogP contribution in [0, 0.1) is 5.95 Å². The predicted molar refractivity (Wildman–Crippen MR) is 46.2 cm³/mol. The van der Waals surface area contributed by atoms with Crippen molar-refractivity contribution in [1.29, 1.82) is 0 Å². The smallest absolute Gasteiger partial charge is 0.270 e. The number of alkyl halides is 3. The van der Waals surface area contributed by atoms with Gasteiger partial charge in [-0.3, -0.25) is 0 Å². The van der Waals surface area contributed by atoms with E-state index in [4.69, 9.17) is 5.73 Å². The van der Waals surface area contributed by atoms with Gasteiger partial charge in [-0.15, -0.1) is 0 Å². The highest BCUT2D eigenvalue weighted by molar-refractivity contribution is 9.08. The molecule has 1 heterocycles. The molecule has 2 N–H and O–H groups in total. The van der Waals surface area contributed by atoms with Gasteiger partial charge in [0.25, 0.3) is 6.43 Å². The topological polar surface area (TPSA) is 38.9 Å². The minimum atomic E-state index is -2.93. The summed E-state index contributed by atoms with van der Waals surface area (Å²) in [5.74, 6) is -1.20. The Hall–Kier alpha value is -0.780. The lowest BCUT2D eigenvalue weighted by Crippen LogP contribution is -2.03. The molecule has 0 saturated carbocycles. The number of aromatic nitrogens is 1. The van der Waals surface area contributed by atoms with Crippen molar-refractivity contribution in [2.75, 3.05) is 5.73 Å². The average molecular weight is 255 g/mol. The summed E-state index contributed by atoms with van der Waals surface area (Å²) in [5.41, 5.74) is 4.41. The van der Waals surface area contributed by atoms with Crippen molar-refractivity contribution in [3.63, 3.8) is 0 Å². The van der Waals surface area contributed by atoms with Gasteiger partial charge in [-0.2, -0.15) is 4.39 Å². The molecule has 0 atom stereocenters. The largest absolute Gasteiger partial charge is 0.398 e. The van der Waals surface area contributed by atoms with E-state index in [0.717, 1.165) is 0 Å². The van der Waals surface area contributed by atoms with Gasteiger partial charge in [0.1, 0.15) is 0 Å². The Morgan fingerprint density at radius 3 is 2.54 bits per heavy atom. The number of pyridine rings is 1. The Kier molecular flexibility index (Phi) is 3.13. The second-order valence-electron chi connectivity index (χ2n) is 2.34. The van der Waals surface area contributed by atoms with Gasteiger partial charge in [0.05, 0.1) is 11.3 Å². The molecule has 0 unspecified atom stereocenters. The maximum absolute atomic E-state index is 12.9. The number of rotatable bonds is 2. The Morgan fingerprint density at radius 1 is 1.54 bits per heavy atom. The maximum Gasteiger partial charge on any atom is 0.270 e. The molecule has 1 rings (SSSR count). The van der Waals surface area contributed by atoms with Crippen LogP contribution in [0.25, 0.3) is 0 Å². The van der Waals surface area contributed by atoms with Crippen LogP contribution < -0.4 is 5.73 Å². The van der Waals surface area contributed by atoms with Gasteiger partial charge in [0, 0.05) is 11.0 Å². The first kappa shape index (κ1) is 10.3. The number of anilines is 1. The molecule has 0 radical (unpaired) electrons. The summed E-state index contributed by atoms with van der Waals surface area (Å²) in [6.07, 6.45) is -2.93. The summed E-state index contributed by atoms with van der Waals surface area (Å²) in [7, 11) is 0. The minimum Gasteiger partial charge on any atom is -0.398 e. The molecule has 0 fully saturated rings. The van der Waals surface area contributed by atoms with Crippen LogP contribution >= 0.6 is 15.9 Å². The quantitative estimate of drug-likeness (QED) is 0.651. The lowest BCUT2D eigenvalue weighted by molar-refractivity contribution is 0.146. The fourth-order valence-corrected chi connectivity index (χ4v) is 1.17. The zero-order chi connectivity index (χ0) is 10.0. The highest BCUT2D eigenvalue weighted by atomic mass is 79.9. The van der Waals surface area contributed by atoms with Crippen LogP contribution in [-0.2, 0) is 5.33 Å². The lowest BCUT2D eigenvalue weighted by Gasteiger charge is -2.06. The first-order chi connectivity index (χ1) is 6.06. The highest BCUT2D eigenvalue weighted by Gasteiger charge is 2.18. The zero-order valence-electron chi connectivity index (χ0n) is 6.40. The van der Waals surface area contributed by atoms with Crippen LogP contribution in [0.2, 0.25) is 0 Å². The van der Waals surface area contributed by atoms with Crippen LogP contribution in [0.1, 0.15) is 17.7 Å². The van der Waals surface area contributed by atoms with Crippen molar-refractivity contribution < 1.29 is 13.2 Å². The molecule has 0 aliphatic carbocycles. The Bertz CT molecular complexity index is 294. The number of nitrogen functional groups attached to an aromatic ring is 1. The standard InChI is InChI=1S/C7H6BrF3N2/c8-2-3-1-4(12)5(6(9)10)7(11)13-3/h1,6H,2H2,(H2,12,13). The maximum atomic E-state index is 12.9. The predicted octanol–water partition coefficient (Wildman–Crippen LogP) is 2.64. The van der Waals surface area contributed by atoms with Crippen molar-refractivity contribution in [1.82, 2.24) is 4.98 Å². The van der Waals surface area contributed by atoms with Crippen LogP contribution in [-0.4, -0.2) is 4.98 Å². The van der Waals surface area contributed by atoms with Crippen molar-refractivity contribution in [2.24, 2.45) is 0 Å². The van der Waals surface area contributed by atoms with E-state index in [1.54, 1.807) is 0 Å². The normalized spacial score (nSPS) is 10.8. The third kappa shape index (κ3) is 2.12. The molecule has 0 bridgehead atoms. The Labute approximate surface area is 81.1 Å². The molecule has 0 aromatic carbocycles. The summed E-state index contributed by atoms with van der Waals surface area (Å²) in [6.45, 7) is 0. The lowest BCUT2D eigenvalue weighted by atomic mass is 10.2. The van der Waals surface area contributed by atoms with E-state index in [-0.39, 0.29) is 11.0 Å². The van der Waals surface area contributed by atoms with E-state index in [0.29, 0.717) is 5.69 Å². The Morgan fingerprint density at radius 2 is 2.15 bits per heavy atom. The molecule has 0 spiro atoms. The van der Waals surface area contributed by atoms with Crippen LogP contribution in [0.15, 0.2) is 6.07 Å². The van der Waals surface area contributed by atoms with Crippen molar-refractivity contribution in [3.05, 3.63) is 23.3 Å². The summed E-state index contributed by atoms with van der Waals surface area (Å²) in [5, 5.41) is 0.275. The SMILES string of the molecule is Nc1cc(CBr)nc(F)c1C(F)F. The van der Waals surface area contributed by atoms with E-state index in [2.05, 4.69) is 20.9 Å². The molecule has 1 aromatic rings. The van der Waals surface area contributed by atoms with Crippen molar-refractivity contribution >= 4 is 21.6 Å². The summed E-state index contributed by atoms with van der Waals surface area (Å²) in [4.78, 5) is 3.30. The molecule has 0 amide bonds. The van der Waals surface area contributed by atoms with Gasteiger partial charge in [0.2, 0.25) is 5.95 Å². The molecule has 0 aliphatic heterocycles. The zero-order valence-corrected chi connectivity index (χ0v) is 7.98. The third-order valence-electron chi connectivity index (χ3n) is 1.45. The molecule has 13 heavy (non-hydrogen) atoms. The Balaban J connectivity index is 3.23. The number of nitrogens with two attached hydrogens (primary N) is 1. The van der Waals surface area contributed by atoms with E-state index >= 15 is 0 Å². The first-order valence-electron chi connectivity index (χ1n) is 3.35. The van der Waals surface area contributed by atoms with Gasteiger partial charge < -0.3 is 5.73 Å². The number of hydrogen-bond donors (Lipinski definition) is 1. The summed E-state index contributed by atoms with van der Waals surface area (Å²) in [6, 6.07) is 1.22. The minimum absolute atomic E-state index is 0.267. The van der Waals surface area contributed by atoms with E-state index in [1.807, 2.05) is 0 Å². The van der Waals surface area contributed by atoms with Gasteiger partial charge in [-0.05, 0) is 6.07 Å². The van der Waals surface area contributed by atoms with E-state index in [9.17, 15) is 13.2 Å². The molecule has 72 valence electrons. The molecular weight excluding hydrogens is 249 g/mol. The molecule has 0 saturated heterocycles. The third-order valence-corrected chi connectivity index (χ3v) is 2.03. The fourth-order valence-electron chi connectivity index (χ4n) is 0.879. The monoisotopic (exact) mass is 254 g/mol. The van der Waals surface area contributed by atoms with Crippen LogP contribution in [0.3, 0.4) is 0 Å². The first-order valence-corrected chi connectivity index (χ1v) is 4.47. The number of halogens is 4. The van der Waals surface area contributed by atoms with Gasteiger partial charge in [-0.25, -0.2) is 13.8 Å². The van der Waals surface area contributed by atoms with E-state index < -0.39 is 17.9 Å². The van der Waals surface area contributed by atoms with Gasteiger partial charge >= 0.3 is 0 Å². The van der Waals surface area contributed by atoms with Crippen LogP contribution in [0.4, 0.5) is 18.9 Å². The second-order valence-corrected chi connectivity index (χ2v) is 2.90. The average Bonchev–Trinajstić information content (AvgIpc) is 2.02. The van der Waals surface area contributed by atoms with Crippen LogP contribution in [0.5, 0.6) is 0 Å². The molecule has 0 aliphatic rings. The second kappa shape index (κ2) is 3.95. The molecule has 2 nitrogen and oxygen atoms in total.